The van der Waals surface area contributed by atoms with E-state index in [2.05, 4.69) is 4.98 Å². The van der Waals surface area contributed by atoms with E-state index in [9.17, 15) is 9.90 Å². The smallest absolute Gasteiger partial charge is 0.288 e. The van der Waals surface area contributed by atoms with Gasteiger partial charge >= 0.3 is 0 Å². The number of nitrogens with zero attached hydrogens (tertiary/aromatic N) is 4. The van der Waals surface area contributed by atoms with Crippen LogP contribution >= 0.6 is 0 Å². The topological polar surface area (TPSA) is 70.8 Å². The maximum absolute atomic E-state index is 15.7. The van der Waals surface area contributed by atoms with Crippen molar-refractivity contribution in [1.29, 1.82) is 0 Å². The van der Waals surface area contributed by atoms with Crippen LogP contribution in [0, 0.1) is 10.8 Å². The van der Waals surface area contributed by atoms with Gasteiger partial charge in [0, 0.05) is 25.0 Å². The lowest BCUT2D eigenvalue weighted by molar-refractivity contribution is -0.236. The lowest BCUT2D eigenvalue weighted by Crippen LogP contribution is -2.61. The Hall–Kier alpha value is -2.00. The number of aliphatic hydroxyl groups is 1. The molecule has 0 amide bonds. The molecule has 1 saturated heterocycles. The van der Waals surface area contributed by atoms with Crippen LogP contribution in [0.25, 0.3) is 0 Å². The molecule has 7 nitrogen and oxygen atoms in total. The minimum atomic E-state index is -3.24. The Kier molecular flexibility index (Phi) is 6.10. The number of aromatic nitrogens is 2. The molecule has 1 saturated carbocycles. The van der Waals surface area contributed by atoms with E-state index in [1.165, 1.54) is 23.2 Å². The predicted molar refractivity (Wildman–Crippen MR) is 120 cm³/mol. The van der Waals surface area contributed by atoms with Crippen LogP contribution in [0.15, 0.2) is 35.3 Å². The Morgan fingerprint density at radius 1 is 1.21 bits per heavy atom. The number of halogens is 2. The molecule has 0 aromatic carbocycles. The number of hydrogen-bond acceptors (Lipinski definition) is 6. The third kappa shape index (κ3) is 5.09. The molecule has 1 N–H and O–H groups in total. The lowest BCUT2D eigenvalue weighted by atomic mass is 9.58. The minimum Gasteiger partial charge on any atom is -0.474 e. The highest BCUT2D eigenvalue weighted by atomic mass is 19.3. The summed E-state index contributed by atoms with van der Waals surface area (Å²) in [5.74, 6) is -2.64. The summed E-state index contributed by atoms with van der Waals surface area (Å²) in [6.45, 7) is 8.43. The molecule has 1 aliphatic carbocycles. The van der Waals surface area contributed by atoms with Crippen molar-refractivity contribution >= 4 is 0 Å². The van der Waals surface area contributed by atoms with Gasteiger partial charge in [-0.15, -0.1) is 0 Å². The van der Waals surface area contributed by atoms with Crippen LogP contribution < -0.4 is 5.56 Å². The van der Waals surface area contributed by atoms with Crippen molar-refractivity contribution in [3.05, 3.63) is 40.9 Å². The number of allylic oxidation sites excluding steroid dienone is 1. The molecule has 33 heavy (non-hydrogen) atoms. The zero-order valence-electron chi connectivity index (χ0n) is 20.1. The van der Waals surface area contributed by atoms with Gasteiger partial charge in [-0.25, -0.2) is 13.8 Å². The summed E-state index contributed by atoms with van der Waals surface area (Å²) in [6, 6.07) is 1.38. The summed E-state index contributed by atoms with van der Waals surface area (Å²) in [5, 5.41) is 11.2. The van der Waals surface area contributed by atoms with Gasteiger partial charge in [-0.3, -0.25) is 14.3 Å². The summed E-state index contributed by atoms with van der Waals surface area (Å²) < 4.78 is 38.6. The Bertz CT molecular complexity index is 943. The summed E-state index contributed by atoms with van der Waals surface area (Å²) in [7, 11) is 0. The number of hydrogen-bond donors (Lipinski definition) is 1. The fourth-order valence-electron chi connectivity index (χ4n) is 6.44. The van der Waals surface area contributed by atoms with Crippen LogP contribution in [0.4, 0.5) is 8.78 Å². The van der Waals surface area contributed by atoms with Crippen LogP contribution in [0.2, 0.25) is 0 Å². The van der Waals surface area contributed by atoms with Crippen LogP contribution in [-0.4, -0.2) is 62.0 Å². The first kappa shape index (κ1) is 24.1. The van der Waals surface area contributed by atoms with E-state index in [4.69, 9.17) is 4.74 Å². The first-order valence-corrected chi connectivity index (χ1v) is 11.7. The third-order valence-corrected chi connectivity index (χ3v) is 7.12. The number of likely N-dealkylation sites (tertiary alicyclic amines) is 1. The van der Waals surface area contributed by atoms with E-state index in [1.54, 1.807) is 4.90 Å². The molecule has 1 atom stereocenters. The molecular weight excluding hydrogens is 430 g/mol. The molecule has 2 fully saturated rings. The number of rotatable bonds is 6. The molecule has 3 heterocycles. The Balaban J connectivity index is 1.47. The van der Waals surface area contributed by atoms with Crippen molar-refractivity contribution in [2.24, 2.45) is 10.8 Å². The monoisotopic (exact) mass is 466 g/mol. The molecule has 3 aliphatic rings. The Labute approximate surface area is 194 Å². The summed E-state index contributed by atoms with van der Waals surface area (Å²) in [5.41, 5.74) is -2.92. The van der Waals surface area contributed by atoms with E-state index in [1.807, 2.05) is 38.8 Å². The van der Waals surface area contributed by atoms with Crippen molar-refractivity contribution in [3.63, 3.8) is 0 Å². The molecule has 4 rings (SSSR count). The lowest BCUT2D eigenvalue weighted by Gasteiger charge is -2.52. The zero-order chi connectivity index (χ0) is 24.1. The Morgan fingerprint density at radius 2 is 1.91 bits per heavy atom. The zero-order valence-corrected chi connectivity index (χ0v) is 20.1. The van der Waals surface area contributed by atoms with Gasteiger partial charge in [-0.05, 0) is 42.9 Å². The second kappa shape index (κ2) is 8.34. The van der Waals surface area contributed by atoms with Gasteiger partial charge in [0.25, 0.3) is 11.5 Å². The Morgan fingerprint density at radius 3 is 2.58 bits per heavy atom. The van der Waals surface area contributed by atoms with E-state index in [0.29, 0.717) is 12.3 Å². The van der Waals surface area contributed by atoms with Crippen molar-refractivity contribution in [2.75, 3.05) is 19.8 Å². The molecule has 0 radical (unpaired) electrons. The van der Waals surface area contributed by atoms with Crippen LogP contribution in [0.3, 0.4) is 0 Å². The van der Waals surface area contributed by atoms with Gasteiger partial charge in [0.1, 0.15) is 11.4 Å². The minimum absolute atomic E-state index is 0.0890. The second-order valence-electron chi connectivity index (χ2n) is 11.6. The van der Waals surface area contributed by atoms with Gasteiger partial charge in [0.2, 0.25) is 0 Å². The third-order valence-electron chi connectivity index (χ3n) is 7.12. The van der Waals surface area contributed by atoms with Crippen molar-refractivity contribution in [2.45, 2.75) is 84.0 Å². The molecule has 0 unspecified atom stereocenters. The van der Waals surface area contributed by atoms with Crippen molar-refractivity contribution < 1.29 is 18.6 Å². The van der Waals surface area contributed by atoms with Crippen LogP contribution in [-0.2, 0) is 11.3 Å². The molecule has 0 spiro atoms. The normalized spacial score (nSPS) is 26.8. The molecule has 9 heteroatoms. The van der Waals surface area contributed by atoms with E-state index in [-0.39, 0.29) is 48.7 Å². The maximum Gasteiger partial charge on any atom is 0.288 e. The fourth-order valence-corrected chi connectivity index (χ4v) is 6.44. The molecular formula is C24H36F2N4O3. The molecule has 0 bridgehead atoms. The first-order valence-electron chi connectivity index (χ1n) is 11.7. The standard InChI is InChI=1S/C24H36F2N4O3/c1-21(2)12-22(3,4)14-23(32,13-21)24(25,26)15-28-9-5-6-19(28)30-11-18(33-17-30)10-29-16-27-8-7-20(29)31/h7-8,11,16,19,32H,5-6,9-10,12-15,17H2,1-4H3/t19-/m0/s1. The maximum atomic E-state index is 15.7. The number of ether oxygens (including phenoxy) is 1. The first-order chi connectivity index (χ1) is 15.3. The SMILES string of the molecule is CC1(C)CC(C)(C)CC(O)(C(F)(F)CN2CCC[C@@H]2N2C=C(Cn3cnccc3=O)OC2)C1. The predicted octanol–water partition coefficient (Wildman–Crippen LogP) is 3.40. The molecule has 1 aromatic rings. The van der Waals surface area contributed by atoms with Crippen LogP contribution in [0.1, 0.15) is 59.8 Å². The van der Waals surface area contributed by atoms with E-state index in [0.717, 1.165) is 19.3 Å². The van der Waals surface area contributed by atoms with Crippen molar-refractivity contribution in [1.82, 2.24) is 19.4 Å². The molecule has 2 aliphatic heterocycles. The van der Waals surface area contributed by atoms with Gasteiger partial charge in [0.15, 0.2) is 6.73 Å². The highest BCUT2D eigenvalue weighted by Gasteiger charge is 2.60. The second-order valence-corrected chi connectivity index (χ2v) is 11.6. The van der Waals surface area contributed by atoms with E-state index < -0.39 is 18.1 Å². The van der Waals surface area contributed by atoms with Gasteiger partial charge < -0.3 is 14.7 Å². The average molecular weight is 467 g/mol. The van der Waals surface area contributed by atoms with Gasteiger partial charge in [0.05, 0.1) is 25.6 Å². The summed E-state index contributed by atoms with van der Waals surface area (Å²) in [6.07, 6.45) is 7.00. The van der Waals surface area contributed by atoms with Crippen LogP contribution in [0.5, 0.6) is 0 Å². The van der Waals surface area contributed by atoms with E-state index >= 15 is 8.78 Å². The van der Waals surface area contributed by atoms with Gasteiger partial charge in [-0.1, -0.05) is 27.7 Å². The highest BCUT2D eigenvalue weighted by Crippen LogP contribution is 2.55. The average Bonchev–Trinajstić information content (AvgIpc) is 3.29. The quantitative estimate of drug-likeness (QED) is 0.693. The molecule has 1 aromatic heterocycles. The molecule has 184 valence electrons. The summed E-state index contributed by atoms with van der Waals surface area (Å²) >= 11 is 0. The van der Waals surface area contributed by atoms with Crippen molar-refractivity contribution in [3.8, 4) is 0 Å². The number of alkyl halides is 2. The fraction of sp³-hybridized carbons (Fsp3) is 0.750. The summed E-state index contributed by atoms with van der Waals surface area (Å²) in [4.78, 5) is 19.6. The largest absolute Gasteiger partial charge is 0.474 e. The highest BCUT2D eigenvalue weighted by molar-refractivity contribution is 5.07. The van der Waals surface area contributed by atoms with Gasteiger partial charge in [-0.2, -0.15) is 0 Å².